The van der Waals surface area contributed by atoms with Crippen LogP contribution in [-0.2, 0) is 0 Å². The summed E-state index contributed by atoms with van der Waals surface area (Å²) in [7, 11) is 0. The minimum absolute atomic E-state index is 0.171. The van der Waals surface area contributed by atoms with E-state index in [1.165, 1.54) is 6.20 Å². The molecule has 0 bridgehead atoms. The molecule has 1 fully saturated rings. The summed E-state index contributed by atoms with van der Waals surface area (Å²) in [4.78, 5) is 13.8. The Labute approximate surface area is 136 Å². The molecule has 3 rings (SSSR count). The second-order valence-corrected chi connectivity index (χ2v) is 5.86. The van der Waals surface area contributed by atoms with Crippen molar-refractivity contribution < 1.29 is 4.79 Å². The molecule has 2 aromatic rings. The SMILES string of the molecule is N=C(N)N(C(=O)c1cn[nH]c1C1CC1)c1cccc(Cl)c1Cl. The van der Waals surface area contributed by atoms with E-state index in [4.69, 9.17) is 34.3 Å². The molecule has 22 heavy (non-hydrogen) atoms. The van der Waals surface area contributed by atoms with Crippen molar-refractivity contribution in [3.8, 4) is 0 Å². The van der Waals surface area contributed by atoms with Crippen molar-refractivity contribution in [2.24, 2.45) is 5.73 Å². The van der Waals surface area contributed by atoms with Gasteiger partial charge in [-0.15, -0.1) is 0 Å². The molecule has 6 nitrogen and oxygen atoms in total. The smallest absolute Gasteiger partial charge is 0.268 e. The van der Waals surface area contributed by atoms with E-state index in [-0.39, 0.29) is 15.7 Å². The molecule has 8 heteroatoms. The van der Waals surface area contributed by atoms with E-state index in [9.17, 15) is 4.79 Å². The van der Waals surface area contributed by atoms with Gasteiger partial charge in [0.25, 0.3) is 5.91 Å². The van der Waals surface area contributed by atoms with E-state index in [0.29, 0.717) is 11.5 Å². The number of aromatic nitrogens is 2. The van der Waals surface area contributed by atoms with Crippen molar-refractivity contribution in [1.82, 2.24) is 10.2 Å². The third-order valence-corrected chi connectivity index (χ3v) is 4.31. The number of hydrogen-bond acceptors (Lipinski definition) is 3. The topological polar surface area (TPSA) is 98.9 Å². The van der Waals surface area contributed by atoms with Crippen LogP contribution in [0.4, 0.5) is 5.69 Å². The zero-order chi connectivity index (χ0) is 15.9. The van der Waals surface area contributed by atoms with Crippen LogP contribution in [0.3, 0.4) is 0 Å². The average Bonchev–Trinajstić information content (AvgIpc) is 3.20. The number of rotatable bonds is 3. The maximum atomic E-state index is 12.8. The van der Waals surface area contributed by atoms with Crippen LogP contribution in [-0.4, -0.2) is 22.1 Å². The maximum Gasteiger partial charge on any atom is 0.268 e. The average molecular weight is 338 g/mol. The highest BCUT2D eigenvalue weighted by molar-refractivity contribution is 6.44. The summed E-state index contributed by atoms with van der Waals surface area (Å²) in [6, 6.07) is 4.83. The van der Waals surface area contributed by atoms with Crippen molar-refractivity contribution in [3.63, 3.8) is 0 Å². The molecule has 0 saturated heterocycles. The van der Waals surface area contributed by atoms with E-state index in [0.717, 1.165) is 23.4 Å². The van der Waals surface area contributed by atoms with Crippen LogP contribution in [0, 0.1) is 5.41 Å². The fourth-order valence-electron chi connectivity index (χ4n) is 2.28. The van der Waals surface area contributed by atoms with Crippen molar-refractivity contribution in [3.05, 3.63) is 45.7 Å². The minimum atomic E-state index is -0.452. The molecule has 4 N–H and O–H groups in total. The van der Waals surface area contributed by atoms with Gasteiger partial charge in [-0.25, -0.2) is 4.90 Å². The second-order valence-electron chi connectivity index (χ2n) is 5.07. The van der Waals surface area contributed by atoms with Crippen molar-refractivity contribution in [2.45, 2.75) is 18.8 Å². The summed E-state index contributed by atoms with van der Waals surface area (Å²) >= 11 is 12.1. The Morgan fingerprint density at radius 1 is 1.41 bits per heavy atom. The molecule has 1 aliphatic carbocycles. The predicted octanol–water partition coefficient (Wildman–Crippen LogP) is 3.13. The van der Waals surface area contributed by atoms with Crippen LogP contribution in [0.2, 0.25) is 10.0 Å². The fraction of sp³-hybridized carbons (Fsp3) is 0.214. The van der Waals surface area contributed by atoms with E-state index >= 15 is 0 Å². The number of carbonyl (C=O) groups is 1. The Kier molecular flexibility index (Phi) is 3.80. The maximum absolute atomic E-state index is 12.8. The van der Waals surface area contributed by atoms with Gasteiger partial charge in [0.2, 0.25) is 0 Å². The summed E-state index contributed by atoms with van der Waals surface area (Å²) in [6.45, 7) is 0. The number of halogens is 2. The van der Waals surface area contributed by atoms with Gasteiger partial charge in [0.1, 0.15) is 0 Å². The Bertz CT molecular complexity index is 753. The first-order valence-corrected chi connectivity index (χ1v) is 7.42. The van der Waals surface area contributed by atoms with E-state index < -0.39 is 11.9 Å². The van der Waals surface area contributed by atoms with Gasteiger partial charge < -0.3 is 5.73 Å². The summed E-state index contributed by atoms with van der Waals surface area (Å²) < 4.78 is 0. The molecule has 1 heterocycles. The lowest BCUT2D eigenvalue weighted by Gasteiger charge is -2.22. The van der Waals surface area contributed by atoms with Crippen LogP contribution in [0.25, 0.3) is 0 Å². The van der Waals surface area contributed by atoms with Gasteiger partial charge in [0, 0.05) is 5.92 Å². The third-order valence-electron chi connectivity index (χ3n) is 3.50. The van der Waals surface area contributed by atoms with Gasteiger partial charge in [0.05, 0.1) is 33.2 Å². The van der Waals surface area contributed by atoms with Gasteiger partial charge >= 0.3 is 0 Å². The Morgan fingerprint density at radius 3 is 2.77 bits per heavy atom. The summed E-state index contributed by atoms with van der Waals surface area (Å²) in [6.07, 6.45) is 3.48. The summed E-state index contributed by atoms with van der Waals surface area (Å²) in [5, 5.41) is 15.0. The number of H-pyrrole nitrogens is 1. The lowest BCUT2D eigenvalue weighted by atomic mass is 10.1. The Balaban J connectivity index is 2.04. The molecule has 1 saturated carbocycles. The Morgan fingerprint density at radius 2 is 2.14 bits per heavy atom. The quantitative estimate of drug-likeness (QED) is 0.592. The molecule has 0 atom stereocenters. The molecular formula is C14H13Cl2N5O. The predicted molar refractivity (Wildman–Crippen MR) is 85.7 cm³/mol. The third kappa shape index (κ3) is 2.55. The van der Waals surface area contributed by atoms with Crippen LogP contribution < -0.4 is 10.6 Å². The molecule has 1 aromatic carbocycles. The second kappa shape index (κ2) is 5.62. The van der Waals surface area contributed by atoms with E-state index in [2.05, 4.69) is 10.2 Å². The summed E-state index contributed by atoms with van der Waals surface area (Å²) in [5.41, 5.74) is 7.03. The number of nitrogens with zero attached hydrogens (tertiary/aromatic N) is 2. The Hall–Kier alpha value is -2.05. The first-order chi connectivity index (χ1) is 10.5. The molecule has 0 unspecified atom stereocenters. The largest absolute Gasteiger partial charge is 0.369 e. The normalized spacial score (nSPS) is 13.9. The fourth-order valence-corrected chi connectivity index (χ4v) is 2.66. The molecular weight excluding hydrogens is 325 g/mol. The highest BCUT2D eigenvalue weighted by atomic mass is 35.5. The number of carbonyl (C=O) groups excluding carboxylic acids is 1. The molecule has 0 radical (unpaired) electrons. The zero-order valence-corrected chi connectivity index (χ0v) is 12.9. The monoisotopic (exact) mass is 337 g/mol. The van der Waals surface area contributed by atoms with E-state index in [1.807, 2.05) is 0 Å². The van der Waals surface area contributed by atoms with Gasteiger partial charge in [-0.2, -0.15) is 5.10 Å². The number of nitrogens with one attached hydrogen (secondary N) is 2. The number of amides is 1. The standard InChI is InChI=1S/C14H13Cl2N5O/c15-9-2-1-3-10(11(9)16)21(14(17)18)13(22)8-6-19-20-12(8)7-4-5-7/h1-3,6-7H,4-5H2,(H3,17,18)(H,19,20). The van der Waals surface area contributed by atoms with Crippen LogP contribution in [0.1, 0.15) is 34.8 Å². The van der Waals surface area contributed by atoms with Crippen LogP contribution in [0.15, 0.2) is 24.4 Å². The highest BCUT2D eigenvalue weighted by Crippen LogP contribution is 2.41. The number of anilines is 1. The first-order valence-electron chi connectivity index (χ1n) is 6.66. The molecule has 114 valence electrons. The zero-order valence-electron chi connectivity index (χ0n) is 11.4. The number of guanidine groups is 1. The summed E-state index contributed by atoms with van der Waals surface area (Å²) in [5.74, 6) is -0.575. The molecule has 1 aliphatic rings. The van der Waals surface area contributed by atoms with Crippen molar-refractivity contribution in [2.75, 3.05) is 4.90 Å². The molecule has 1 aromatic heterocycles. The number of benzene rings is 1. The molecule has 1 amide bonds. The number of hydrogen-bond donors (Lipinski definition) is 3. The van der Waals surface area contributed by atoms with Crippen molar-refractivity contribution >= 4 is 40.8 Å². The minimum Gasteiger partial charge on any atom is -0.369 e. The van der Waals surface area contributed by atoms with Crippen molar-refractivity contribution in [1.29, 1.82) is 5.41 Å². The van der Waals surface area contributed by atoms with Gasteiger partial charge in [0.15, 0.2) is 5.96 Å². The van der Waals surface area contributed by atoms with Crippen LogP contribution in [0.5, 0.6) is 0 Å². The van der Waals surface area contributed by atoms with Gasteiger partial charge in [-0.05, 0) is 25.0 Å². The van der Waals surface area contributed by atoms with Gasteiger partial charge in [-0.1, -0.05) is 29.3 Å². The lowest BCUT2D eigenvalue weighted by molar-refractivity contribution is 0.100. The number of aromatic amines is 1. The molecule has 0 spiro atoms. The number of nitrogens with two attached hydrogens (primary N) is 1. The van der Waals surface area contributed by atoms with E-state index in [1.54, 1.807) is 18.2 Å². The van der Waals surface area contributed by atoms with Crippen LogP contribution >= 0.6 is 23.2 Å². The highest BCUT2D eigenvalue weighted by Gasteiger charge is 2.33. The van der Waals surface area contributed by atoms with Gasteiger partial charge in [-0.3, -0.25) is 15.3 Å². The lowest BCUT2D eigenvalue weighted by Crippen LogP contribution is -2.42. The first kappa shape index (κ1) is 14.9. The molecule has 0 aliphatic heterocycles.